The van der Waals surface area contributed by atoms with E-state index in [0.717, 1.165) is 37.1 Å². The van der Waals surface area contributed by atoms with Crippen LogP contribution in [-0.4, -0.2) is 86.7 Å². The molecule has 0 radical (unpaired) electrons. The molecule has 0 saturated carbocycles. The van der Waals surface area contributed by atoms with E-state index in [0.29, 0.717) is 18.6 Å². The Morgan fingerprint density at radius 3 is 2.47 bits per heavy atom. The molecule has 0 spiro atoms. The number of hydrogen-bond donors (Lipinski definition) is 2. The minimum Gasteiger partial charge on any atom is -0.490 e. The number of aliphatic hydroxyl groups excluding tert-OH is 1. The van der Waals surface area contributed by atoms with E-state index < -0.39 is 33.9 Å². The first-order chi connectivity index (χ1) is 22.4. The number of nitrogens with zero attached hydrogens (tertiary/aromatic N) is 2. The van der Waals surface area contributed by atoms with Gasteiger partial charge in [-0.05, 0) is 87.7 Å². The maximum absolute atomic E-state index is 14.3. The van der Waals surface area contributed by atoms with Crippen LogP contribution in [0.15, 0.2) is 77.7 Å². The maximum Gasteiger partial charge on any atom is 0.261 e. The van der Waals surface area contributed by atoms with Crippen LogP contribution in [0.1, 0.15) is 60.7 Å². The molecule has 3 aromatic carbocycles. The molecule has 1 aliphatic rings. The number of anilines is 1. The third-order valence-electron chi connectivity index (χ3n) is 8.25. The lowest BCUT2D eigenvalue weighted by atomic mass is 10.0. The minimum absolute atomic E-state index is 0.116. The first-order valence-electron chi connectivity index (χ1n) is 15.8. The molecule has 2 amide bonds. The van der Waals surface area contributed by atoms with Crippen LogP contribution < -0.4 is 9.46 Å². The average molecular weight is 670 g/mol. The number of benzene rings is 3. The number of ether oxygens (including phenoxy) is 2. The lowest BCUT2D eigenvalue weighted by Gasteiger charge is -2.36. The van der Waals surface area contributed by atoms with E-state index in [4.69, 9.17) is 9.47 Å². The number of rotatable bonds is 8. The number of likely N-dealkylation sites (N-methyl/N-ethyl adjacent to an activating group) is 1. The highest BCUT2D eigenvalue weighted by molar-refractivity contribution is 7.92. The molecule has 12 heteroatoms. The number of amides is 2. The first-order valence-corrected chi connectivity index (χ1v) is 17.3. The van der Waals surface area contributed by atoms with E-state index in [1.54, 1.807) is 37.1 Å². The topological polar surface area (TPSA) is 125 Å². The predicted octanol–water partition coefficient (Wildman–Crippen LogP) is 5.19. The number of halogens is 1. The van der Waals surface area contributed by atoms with Gasteiger partial charge in [0, 0.05) is 43.9 Å². The molecule has 3 aromatic rings. The van der Waals surface area contributed by atoms with Gasteiger partial charge in [-0.2, -0.15) is 0 Å². The van der Waals surface area contributed by atoms with Crippen molar-refractivity contribution >= 4 is 27.5 Å². The van der Waals surface area contributed by atoms with Crippen LogP contribution >= 0.6 is 0 Å². The normalized spacial score (nSPS) is 20.3. The third-order valence-corrected chi connectivity index (χ3v) is 9.65. The number of aliphatic hydroxyl groups is 1. The van der Waals surface area contributed by atoms with Crippen molar-refractivity contribution in [2.45, 2.75) is 63.2 Å². The Balaban J connectivity index is 1.66. The second-order valence-electron chi connectivity index (χ2n) is 12.1. The summed E-state index contributed by atoms with van der Waals surface area (Å²) < 4.78 is 54.6. The molecular weight excluding hydrogens is 625 g/mol. The Kier molecular flexibility index (Phi) is 12.4. The van der Waals surface area contributed by atoms with E-state index in [1.165, 1.54) is 17.0 Å². The van der Waals surface area contributed by atoms with Gasteiger partial charge in [-0.1, -0.05) is 25.1 Å². The smallest absolute Gasteiger partial charge is 0.261 e. The highest BCUT2D eigenvalue weighted by atomic mass is 32.2. The number of hydrogen-bond acceptors (Lipinski definition) is 7. The molecule has 0 aliphatic carbocycles. The monoisotopic (exact) mass is 669 g/mol. The van der Waals surface area contributed by atoms with Gasteiger partial charge in [-0.15, -0.1) is 0 Å². The van der Waals surface area contributed by atoms with Crippen molar-refractivity contribution in [1.29, 1.82) is 0 Å². The molecule has 4 rings (SSSR count). The number of fused-ring (bicyclic) bond motifs is 1. The van der Waals surface area contributed by atoms with Crippen LogP contribution in [0.25, 0.3) is 0 Å². The van der Waals surface area contributed by atoms with Crippen molar-refractivity contribution in [1.82, 2.24) is 9.80 Å². The van der Waals surface area contributed by atoms with Crippen LogP contribution in [0, 0.1) is 11.7 Å². The van der Waals surface area contributed by atoms with Gasteiger partial charge in [0.1, 0.15) is 11.6 Å². The molecule has 10 nitrogen and oxygen atoms in total. The largest absolute Gasteiger partial charge is 0.490 e. The minimum atomic E-state index is -4.09. The molecule has 0 unspecified atom stereocenters. The number of sulfonamides is 1. The second kappa shape index (κ2) is 16.2. The zero-order valence-corrected chi connectivity index (χ0v) is 28.1. The quantitative estimate of drug-likeness (QED) is 0.338. The highest BCUT2D eigenvalue weighted by Gasteiger charge is 2.31. The summed E-state index contributed by atoms with van der Waals surface area (Å²) in [4.78, 5) is 30.5. The Hall–Kier alpha value is -4.00. The zero-order valence-electron chi connectivity index (χ0n) is 27.3. The summed E-state index contributed by atoms with van der Waals surface area (Å²) in [5.41, 5.74) is 0.797. The van der Waals surface area contributed by atoms with Gasteiger partial charge in [-0.3, -0.25) is 14.3 Å². The van der Waals surface area contributed by atoms with Crippen molar-refractivity contribution in [2.24, 2.45) is 5.92 Å². The summed E-state index contributed by atoms with van der Waals surface area (Å²) in [7, 11) is -2.37. The van der Waals surface area contributed by atoms with Crippen molar-refractivity contribution in [3.63, 3.8) is 0 Å². The molecule has 1 aliphatic heterocycles. The predicted molar refractivity (Wildman–Crippen MR) is 177 cm³/mol. The number of nitrogens with one attached hydrogen (secondary N) is 1. The van der Waals surface area contributed by atoms with Crippen molar-refractivity contribution < 1.29 is 37.0 Å². The third kappa shape index (κ3) is 9.52. The summed E-state index contributed by atoms with van der Waals surface area (Å²) in [5, 5.41) is 10.2. The van der Waals surface area contributed by atoms with Gasteiger partial charge in [0.2, 0.25) is 0 Å². The van der Waals surface area contributed by atoms with Crippen LogP contribution in [0.4, 0.5) is 10.1 Å². The molecule has 254 valence electrons. The summed E-state index contributed by atoms with van der Waals surface area (Å²) >= 11 is 0. The zero-order chi connectivity index (χ0) is 34.1. The van der Waals surface area contributed by atoms with E-state index in [1.807, 2.05) is 32.0 Å². The van der Waals surface area contributed by atoms with Crippen molar-refractivity contribution in [3.05, 3.63) is 89.7 Å². The Bertz CT molecular complexity index is 1610. The van der Waals surface area contributed by atoms with Gasteiger partial charge in [-0.25, -0.2) is 12.8 Å². The molecule has 1 heterocycles. The molecule has 0 saturated heterocycles. The Morgan fingerprint density at radius 2 is 1.79 bits per heavy atom. The lowest BCUT2D eigenvalue weighted by Crippen LogP contribution is -2.48. The fourth-order valence-electron chi connectivity index (χ4n) is 5.43. The Morgan fingerprint density at radius 1 is 1.09 bits per heavy atom. The fraction of sp³-hybridized carbons (Fsp3) is 0.429. The van der Waals surface area contributed by atoms with Crippen LogP contribution in [-0.2, 0) is 14.8 Å². The maximum atomic E-state index is 14.3. The van der Waals surface area contributed by atoms with Crippen LogP contribution in [0.3, 0.4) is 0 Å². The summed E-state index contributed by atoms with van der Waals surface area (Å²) in [6, 6.07) is 17.3. The number of carbonyl (C=O) groups is 2. The molecule has 2 N–H and O–H groups in total. The Labute approximate surface area is 276 Å². The van der Waals surface area contributed by atoms with Gasteiger partial charge in [0.15, 0.2) is 0 Å². The molecule has 0 fully saturated rings. The summed E-state index contributed by atoms with van der Waals surface area (Å²) in [6.07, 6.45) is 1.56. The van der Waals surface area contributed by atoms with E-state index in [-0.39, 0.29) is 59.5 Å². The molecular formula is C35H44FN3O7S. The van der Waals surface area contributed by atoms with Gasteiger partial charge >= 0.3 is 0 Å². The second-order valence-corrected chi connectivity index (χ2v) is 13.8. The standard InChI is InChI=1S/C35H44FN3O7S/c1-24-21-39(25(2)23-40)35(42)31-20-29(37-47(43,44)30-16-13-28(36)14-17-30)15-18-32(31)46-26(3)10-8-9-19-45-33(24)22-38(4)34(41)27-11-6-5-7-12-27/h5-7,11-18,20,24-26,33,37,40H,8-10,19,21-23H2,1-4H3/t24-,25+,26-,33+/m0/s1. The number of carbonyl (C=O) groups excluding carboxylic acids is 2. The highest BCUT2D eigenvalue weighted by Crippen LogP contribution is 2.29. The SMILES string of the molecule is C[C@H](CO)N1C[C@H](C)[C@@H](CN(C)C(=O)c2ccccc2)OCCCC[C@H](C)Oc2ccc(NS(=O)(=O)c3ccc(F)cc3)cc2C1=O. The van der Waals surface area contributed by atoms with E-state index >= 15 is 0 Å². The van der Waals surface area contributed by atoms with Crippen LogP contribution in [0.5, 0.6) is 5.75 Å². The average Bonchev–Trinajstić information content (AvgIpc) is 3.06. The van der Waals surface area contributed by atoms with Gasteiger partial charge in [0.05, 0.1) is 35.3 Å². The van der Waals surface area contributed by atoms with E-state index in [2.05, 4.69) is 4.72 Å². The van der Waals surface area contributed by atoms with Gasteiger partial charge < -0.3 is 24.4 Å². The fourth-order valence-corrected chi connectivity index (χ4v) is 6.48. The molecule has 0 aromatic heterocycles. The molecule has 4 atom stereocenters. The van der Waals surface area contributed by atoms with E-state index in [9.17, 15) is 27.5 Å². The molecule has 0 bridgehead atoms. The lowest BCUT2D eigenvalue weighted by molar-refractivity contribution is -0.0149. The summed E-state index contributed by atoms with van der Waals surface area (Å²) in [6.45, 7) is 6.17. The molecule has 47 heavy (non-hydrogen) atoms. The van der Waals surface area contributed by atoms with Gasteiger partial charge in [0.25, 0.3) is 21.8 Å². The van der Waals surface area contributed by atoms with Crippen molar-refractivity contribution in [3.8, 4) is 5.75 Å². The van der Waals surface area contributed by atoms with Crippen LogP contribution in [0.2, 0.25) is 0 Å². The summed E-state index contributed by atoms with van der Waals surface area (Å²) in [5.74, 6) is -1.15. The van der Waals surface area contributed by atoms with Crippen molar-refractivity contribution in [2.75, 3.05) is 38.1 Å². The first kappa shape index (κ1) is 35.8.